The number of hydrogen-bond donors (Lipinski definition) is 3. The first-order valence-electron chi connectivity index (χ1n) is 0.783. The Hall–Kier alpha value is 1.91. The zero-order valence-corrected chi connectivity index (χ0v) is 10.8. The molecular formula is H6NaO4PSn. The fourth-order valence-electron chi connectivity index (χ4n) is 0. The average Bonchev–Trinajstić information content (AvgIpc) is 0.722. The van der Waals surface area contributed by atoms with E-state index in [9.17, 15) is 0 Å². The summed E-state index contributed by atoms with van der Waals surface area (Å²) in [4.78, 5) is 21.6. The molecular weight excluding hydrogens is 237 g/mol. The van der Waals surface area contributed by atoms with Crippen molar-refractivity contribution in [1.29, 1.82) is 0 Å². The summed E-state index contributed by atoms with van der Waals surface area (Å²) in [6, 6.07) is 0. The molecule has 0 bridgehead atoms. The standard InChI is InChI=1S/Na.H3O4P.Sn.3H/c;1-5(2,3)4;;;;/h;(H3,1,2,3,4);;;;/q+1;;;;;-1. The second-order valence-electron chi connectivity index (χ2n) is 0.513. The van der Waals surface area contributed by atoms with E-state index in [1.165, 1.54) is 0 Å². The summed E-state index contributed by atoms with van der Waals surface area (Å²) in [5.41, 5.74) is 0. The molecule has 0 saturated carbocycles. The van der Waals surface area contributed by atoms with Crippen LogP contribution in [0.1, 0.15) is 1.43 Å². The van der Waals surface area contributed by atoms with Crippen LogP contribution in [0.3, 0.4) is 0 Å². The van der Waals surface area contributed by atoms with Crippen molar-refractivity contribution in [3.8, 4) is 0 Å². The minimum atomic E-state index is -4.64. The quantitative estimate of drug-likeness (QED) is 0.295. The molecule has 0 aliphatic rings. The number of rotatable bonds is 0. The summed E-state index contributed by atoms with van der Waals surface area (Å²) in [5.74, 6) is 0. The average molecular weight is 243 g/mol. The van der Waals surface area contributed by atoms with Crippen LogP contribution in [0.25, 0.3) is 0 Å². The van der Waals surface area contributed by atoms with Crippen LogP contribution in [0.2, 0.25) is 0 Å². The van der Waals surface area contributed by atoms with Crippen molar-refractivity contribution < 1.29 is 50.2 Å². The number of phosphoric acid groups is 1. The Morgan fingerprint density at radius 3 is 1.29 bits per heavy atom. The summed E-state index contributed by atoms with van der Waals surface area (Å²) in [6.45, 7) is 0. The van der Waals surface area contributed by atoms with E-state index in [0.29, 0.717) is 0 Å². The van der Waals surface area contributed by atoms with E-state index in [1.807, 2.05) is 0 Å². The summed E-state index contributed by atoms with van der Waals surface area (Å²) in [7, 11) is -4.64. The van der Waals surface area contributed by atoms with Gasteiger partial charge in [-0.3, -0.25) is 0 Å². The zero-order chi connectivity index (χ0) is 4.50. The summed E-state index contributed by atoms with van der Waals surface area (Å²) in [5, 5.41) is 0. The first kappa shape index (κ1) is 16.0. The summed E-state index contributed by atoms with van der Waals surface area (Å²) in [6.07, 6.45) is 0. The molecule has 0 rings (SSSR count). The van der Waals surface area contributed by atoms with Gasteiger partial charge < -0.3 is 16.1 Å². The molecule has 0 aliphatic heterocycles. The molecule has 4 nitrogen and oxygen atoms in total. The van der Waals surface area contributed by atoms with Gasteiger partial charge in [-0.15, -0.1) is 0 Å². The van der Waals surface area contributed by atoms with Crippen LogP contribution in [0.15, 0.2) is 0 Å². The third-order valence-corrected chi connectivity index (χ3v) is 0. The molecule has 0 aromatic carbocycles. The van der Waals surface area contributed by atoms with Crippen molar-refractivity contribution in [2.75, 3.05) is 0 Å². The number of hydrogen-bond acceptors (Lipinski definition) is 1. The second-order valence-corrected chi connectivity index (χ2v) is 1.54. The fourth-order valence-corrected chi connectivity index (χ4v) is 0. The maximum absolute atomic E-state index is 8.88. The van der Waals surface area contributed by atoms with Crippen LogP contribution in [0.4, 0.5) is 0 Å². The van der Waals surface area contributed by atoms with Gasteiger partial charge in [-0.2, -0.15) is 0 Å². The third kappa shape index (κ3) is 75.8. The Bertz CT molecular complexity index is 62.2. The van der Waals surface area contributed by atoms with Gasteiger partial charge in [0.1, 0.15) is 0 Å². The first-order valence-corrected chi connectivity index (χ1v) is 2.35. The fraction of sp³-hybridized carbons (Fsp3) is 0. The van der Waals surface area contributed by atoms with Gasteiger partial charge in [0.05, 0.1) is 0 Å². The molecule has 0 unspecified atom stereocenters. The molecule has 0 aliphatic carbocycles. The van der Waals surface area contributed by atoms with Crippen molar-refractivity contribution in [3.63, 3.8) is 0 Å². The zero-order valence-electron chi connectivity index (χ0n) is 4.90. The predicted octanol–water partition coefficient (Wildman–Crippen LogP) is -4.73. The van der Waals surface area contributed by atoms with Crippen LogP contribution in [-0.4, -0.2) is 38.6 Å². The maximum atomic E-state index is 8.88. The Morgan fingerprint density at radius 2 is 1.29 bits per heavy atom. The molecule has 0 saturated heterocycles. The van der Waals surface area contributed by atoms with Gasteiger partial charge in [-0.05, 0) is 0 Å². The van der Waals surface area contributed by atoms with E-state index in [4.69, 9.17) is 19.2 Å². The molecule has 2 radical (unpaired) electrons. The van der Waals surface area contributed by atoms with Crippen molar-refractivity contribution in [2.24, 2.45) is 0 Å². The van der Waals surface area contributed by atoms with E-state index in [2.05, 4.69) is 0 Å². The molecule has 0 aromatic heterocycles. The van der Waals surface area contributed by atoms with Crippen LogP contribution < -0.4 is 29.6 Å². The van der Waals surface area contributed by atoms with Gasteiger partial charge in [0.25, 0.3) is 0 Å². The Balaban J connectivity index is -0.0000000267. The van der Waals surface area contributed by atoms with Crippen LogP contribution in [0.5, 0.6) is 0 Å². The van der Waals surface area contributed by atoms with Crippen molar-refractivity contribution in [2.45, 2.75) is 0 Å². The van der Waals surface area contributed by atoms with Gasteiger partial charge in [0, 0.05) is 0 Å². The summed E-state index contributed by atoms with van der Waals surface area (Å²) >= 11 is 0. The van der Waals surface area contributed by atoms with Crippen LogP contribution >= 0.6 is 7.82 Å². The molecule has 7 heavy (non-hydrogen) atoms. The third-order valence-electron chi connectivity index (χ3n) is 0. The minimum absolute atomic E-state index is 0. The van der Waals surface area contributed by atoms with Gasteiger partial charge in [-0.1, -0.05) is 0 Å². The monoisotopic (exact) mass is 244 g/mol. The molecule has 0 heterocycles. The normalized spacial score (nSPS) is 8.43. The molecule has 0 aromatic rings. The SMILES string of the molecule is O=P(O)(O)O.[H-].[Na+].[SnH2]. The predicted molar refractivity (Wildman–Crippen MR) is 23.9 cm³/mol. The second kappa shape index (κ2) is 6.04. The van der Waals surface area contributed by atoms with E-state index < -0.39 is 7.82 Å². The molecule has 0 atom stereocenters. The van der Waals surface area contributed by atoms with Crippen molar-refractivity contribution >= 4 is 31.7 Å². The van der Waals surface area contributed by atoms with Crippen molar-refractivity contribution in [1.82, 2.24) is 0 Å². The topological polar surface area (TPSA) is 77.8 Å². The molecule has 40 valence electrons. The molecule has 7 heteroatoms. The van der Waals surface area contributed by atoms with E-state index in [0.717, 1.165) is 0 Å². The molecule has 0 fully saturated rings. The molecule has 0 amide bonds. The molecule has 0 spiro atoms. The van der Waals surface area contributed by atoms with Gasteiger partial charge in [0.2, 0.25) is 0 Å². The van der Waals surface area contributed by atoms with Crippen LogP contribution in [-0.2, 0) is 4.57 Å². The Morgan fingerprint density at radius 1 is 1.29 bits per heavy atom. The van der Waals surface area contributed by atoms with Crippen LogP contribution in [0, 0.1) is 0 Å². The first-order chi connectivity index (χ1) is 2.00. The van der Waals surface area contributed by atoms with Crippen molar-refractivity contribution in [3.05, 3.63) is 0 Å². The Kier molecular flexibility index (Phi) is 13.8. The van der Waals surface area contributed by atoms with Gasteiger partial charge in [0.15, 0.2) is 0 Å². The van der Waals surface area contributed by atoms with E-state index in [1.54, 1.807) is 0 Å². The van der Waals surface area contributed by atoms with E-state index in [-0.39, 0.29) is 54.9 Å². The summed E-state index contributed by atoms with van der Waals surface area (Å²) < 4.78 is 8.88. The van der Waals surface area contributed by atoms with Gasteiger partial charge in [-0.25, -0.2) is 4.57 Å². The molecule has 3 N–H and O–H groups in total. The van der Waals surface area contributed by atoms with Gasteiger partial charge >= 0.3 is 61.3 Å². The Labute approximate surface area is 81.3 Å². The van der Waals surface area contributed by atoms with E-state index >= 15 is 0 Å².